The molecule has 0 spiro atoms. The van der Waals surface area contributed by atoms with Crippen LogP contribution in [0.25, 0.3) is 10.9 Å². The number of hydrogen-bond donors (Lipinski definition) is 2. The van der Waals surface area contributed by atoms with Gasteiger partial charge in [0.05, 0.1) is 10.2 Å². The van der Waals surface area contributed by atoms with Crippen LogP contribution < -0.4 is 0 Å². The summed E-state index contributed by atoms with van der Waals surface area (Å²) in [7, 11) is 0. The van der Waals surface area contributed by atoms with Gasteiger partial charge in [0.1, 0.15) is 0 Å². The van der Waals surface area contributed by atoms with Crippen LogP contribution in [0.5, 0.6) is 0 Å². The van der Waals surface area contributed by atoms with Gasteiger partial charge in [-0.15, -0.1) is 0 Å². The van der Waals surface area contributed by atoms with Crippen molar-refractivity contribution in [3.05, 3.63) is 60.3 Å². The fraction of sp³-hybridized carbons (Fsp3) is 0.133. The number of fused-ring (bicyclic) bond motifs is 1. The molecule has 0 fully saturated rings. The molecule has 0 aliphatic heterocycles. The van der Waals surface area contributed by atoms with Crippen molar-refractivity contribution in [2.75, 3.05) is 0 Å². The van der Waals surface area contributed by atoms with E-state index < -0.39 is 16.2 Å². The van der Waals surface area contributed by atoms with Gasteiger partial charge in [-0.3, -0.25) is 4.79 Å². The molecule has 96 valence electrons. The number of aliphatic carboxylic acids is 1. The van der Waals surface area contributed by atoms with E-state index >= 15 is 0 Å². The first-order valence-corrected chi connectivity index (χ1v) is 6.76. The van der Waals surface area contributed by atoms with Crippen LogP contribution in [0.15, 0.2) is 54.8 Å². The highest BCUT2D eigenvalue weighted by molar-refractivity contribution is 9.09. The number of nitrogens with one attached hydrogen (secondary N) is 1. The number of allylic oxidation sites excluding steroid dienone is 3. The number of halogens is 1. The van der Waals surface area contributed by atoms with Gasteiger partial charge < -0.3 is 10.1 Å². The summed E-state index contributed by atoms with van der Waals surface area (Å²) >= 11 is 3.64. The van der Waals surface area contributed by atoms with Crippen LogP contribution in [0.1, 0.15) is 5.56 Å². The zero-order chi connectivity index (χ0) is 13.5. The minimum atomic E-state index is -0.843. The third-order valence-electron chi connectivity index (χ3n) is 3.48. The molecule has 2 atom stereocenters. The first kappa shape index (κ1) is 12.2. The zero-order valence-corrected chi connectivity index (χ0v) is 11.6. The Morgan fingerprint density at radius 2 is 2.16 bits per heavy atom. The Labute approximate surface area is 118 Å². The summed E-state index contributed by atoms with van der Waals surface area (Å²) in [6.45, 7) is 0. The average Bonchev–Trinajstić information content (AvgIpc) is 2.86. The number of rotatable bonds is 2. The SMILES string of the molecule is O=C(O)C1C=CC=CC1(Br)c1cccc2[nH]ccc12. The zero-order valence-electron chi connectivity index (χ0n) is 10.0. The van der Waals surface area contributed by atoms with E-state index in [1.165, 1.54) is 0 Å². The van der Waals surface area contributed by atoms with Crippen molar-refractivity contribution >= 4 is 32.8 Å². The molecule has 1 aromatic heterocycles. The molecule has 1 heterocycles. The monoisotopic (exact) mass is 317 g/mol. The second-order valence-corrected chi connectivity index (χ2v) is 5.88. The van der Waals surface area contributed by atoms with Gasteiger partial charge >= 0.3 is 5.97 Å². The van der Waals surface area contributed by atoms with Crippen molar-refractivity contribution in [2.24, 2.45) is 5.92 Å². The van der Waals surface area contributed by atoms with Gasteiger partial charge in [-0.1, -0.05) is 52.4 Å². The molecule has 0 amide bonds. The molecule has 0 bridgehead atoms. The number of benzene rings is 1. The van der Waals surface area contributed by atoms with Gasteiger partial charge in [-0.2, -0.15) is 0 Å². The summed E-state index contributed by atoms with van der Waals surface area (Å²) in [6.07, 6.45) is 9.12. The maximum Gasteiger partial charge on any atom is 0.312 e. The Morgan fingerprint density at radius 3 is 2.95 bits per heavy atom. The molecule has 3 rings (SSSR count). The van der Waals surface area contributed by atoms with Crippen LogP contribution in [0.2, 0.25) is 0 Å². The number of H-pyrrole nitrogens is 1. The van der Waals surface area contributed by atoms with E-state index in [0.717, 1.165) is 16.5 Å². The average molecular weight is 318 g/mol. The Bertz CT molecular complexity index is 701. The number of hydrogen-bond acceptors (Lipinski definition) is 1. The molecule has 3 nitrogen and oxygen atoms in total. The first-order valence-electron chi connectivity index (χ1n) is 5.97. The van der Waals surface area contributed by atoms with Crippen LogP contribution in [-0.4, -0.2) is 16.1 Å². The normalized spacial score (nSPS) is 25.8. The molecule has 0 saturated carbocycles. The molecule has 2 N–H and O–H groups in total. The summed E-state index contributed by atoms with van der Waals surface area (Å²) in [6, 6.07) is 7.85. The number of aromatic amines is 1. The number of carbonyl (C=O) groups is 1. The Kier molecular flexibility index (Phi) is 2.82. The lowest BCUT2D eigenvalue weighted by Gasteiger charge is -2.31. The van der Waals surface area contributed by atoms with Crippen molar-refractivity contribution in [3.63, 3.8) is 0 Å². The predicted octanol–water partition coefficient (Wildman–Crippen LogP) is 3.58. The molecule has 1 aromatic carbocycles. The topological polar surface area (TPSA) is 53.1 Å². The predicted molar refractivity (Wildman–Crippen MR) is 78.3 cm³/mol. The molecule has 2 unspecified atom stereocenters. The van der Waals surface area contributed by atoms with Crippen LogP contribution in [0, 0.1) is 5.92 Å². The number of alkyl halides is 1. The largest absolute Gasteiger partial charge is 0.481 e. The highest BCUT2D eigenvalue weighted by atomic mass is 79.9. The van der Waals surface area contributed by atoms with Gasteiger partial charge in [0.15, 0.2) is 0 Å². The van der Waals surface area contributed by atoms with Gasteiger partial charge in [0.2, 0.25) is 0 Å². The summed E-state index contributed by atoms with van der Waals surface area (Å²) in [4.78, 5) is 14.6. The Hall–Kier alpha value is -1.81. The van der Waals surface area contributed by atoms with E-state index in [9.17, 15) is 9.90 Å². The highest BCUT2D eigenvalue weighted by Crippen LogP contribution is 2.45. The Balaban J connectivity index is 2.23. The maximum atomic E-state index is 11.5. The number of carboxylic acid groups (broad SMARTS) is 1. The fourth-order valence-electron chi connectivity index (χ4n) is 2.55. The second-order valence-electron chi connectivity index (χ2n) is 4.57. The van der Waals surface area contributed by atoms with E-state index in [-0.39, 0.29) is 0 Å². The third-order valence-corrected chi connectivity index (χ3v) is 4.66. The molecule has 1 aliphatic carbocycles. The van der Waals surface area contributed by atoms with E-state index in [2.05, 4.69) is 20.9 Å². The van der Waals surface area contributed by atoms with Crippen molar-refractivity contribution < 1.29 is 9.90 Å². The van der Waals surface area contributed by atoms with Crippen LogP contribution >= 0.6 is 15.9 Å². The van der Waals surface area contributed by atoms with E-state index in [1.807, 2.05) is 42.6 Å². The minimum Gasteiger partial charge on any atom is -0.481 e. The van der Waals surface area contributed by atoms with Gasteiger partial charge in [-0.05, 0) is 17.7 Å². The lowest BCUT2D eigenvalue weighted by molar-refractivity contribution is -0.140. The molecule has 0 saturated heterocycles. The van der Waals surface area contributed by atoms with Crippen LogP contribution in [0.3, 0.4) is 0 Å². The lowest BCUT2D eigenvalue weighted by atomic mass is 9.81. The van der Waals surface area contributed by atoms with E-state index in [4.69, 9.17) is 0 Å². The summed E-state index contributed by atoms with van der Waals surface area (Å²) < 4.78 is -0.713. The summed E-state index contributed by atoms with van der Waals surface area (Å²) in [5, 5.41) is 10.5. The van der Waals surface area contributed by atoms with E-state index in [0.29, 0.717) is 0 Å². The quantitative estimate of drug-likeness (QED) is 0.832. The van der Waals surface area contributed by atoms with E-state index in [1.54, 1.807) is 12.2 Å². The summed E-state index contributed by atoms with van der Waals surface area (Å²) in [5.41, 5.74) is 1.96. The standard InChI is InChI=1S/C15H12BrNO2/c16-15(8-2-1-4-12(15)14(18)19)11-5-3-6-13-10(11)7-9-17-13/h1-9,12,17H,(H,18,19). The number of carboxylic acids is 1. The lowest BCUT2D eigenvalue weighted by Crippen LogP contribution is -2.33. The molecule has 1 aliphatic rings. The Morgan fingerprint density at radius 1 is 1.32 bits per heavy atom. The molecule has 19 heavy (non-hydrogen) atoms. The third kappa shape index (κ3) is 1.83. The van der Waals surface area contributed by atoms with Crippen LogP contribution in [0.4, 0.5) is 0 Å². The maximum absolute atomic E-state index is 11.5. The van der Waals surface area contributed by atoms with Gasteiger partial charge in [0.25, 0.3) is 0 Å². The second kappa shape index (κ2) is 4.38. The summed E-state index contributed by atoms with van der Waals surface area (Å²) in [5.74, 6) is -1.47. The van der Waals surface area contributed by atoms with Gasteiger partial charge in [-0.25, -0.2) is 0 Å². The highest BCUT2D eigenvalue weighted by Gasteiger charge is 2.41. The molecular formula is C15H12BrNO2. The molecule has 0 radical (unpaired) electrons. The van der Waals surface area contributed by atoms with Crippen molar-refractivity contribution in [1.29, 1.82) is 0 Å². The number of aromatic nitrogens is 1. The first-order chi connectivity index (χ1) is 9.13. The molecule has 4 heteroatoms. The van der Waals surface area contributed by atoms with Gasteiger partial charge in [0, 0.05) is 17.1 Å². The van der Waals surface area contributed by atoms with Crippen molar-refractivity contribution in [1.82, 2.24) is 4.98 Å². The minimum absolute atomic E-state index is 0.627. The van der Waals surface area contributed by atoms with Crippen molar-refractivity contribution in [2.45, 2.75) is 4.32 Å². The van der Waals surface area contributed by atoms with Crippen molar-refractivity contribution in [3.8, 4) is 0 Å². The fourth-order valence-corrected chi connectivity index (χ4v) is 3.40. The van der Waals surface area contributed by atoms with Crippen LogP contribution in [-0.2, 0) is 9.12 Å². The molecule has 2 aromatic rings. The smallest absolute Gasteiger partial charge is 0.312 e. The molecular weight excluding hydrogens is 306 g/mol.